The van der Waals surface area contributed by atoms with Gasteiger partial charge in [-0.05, 0) is 51.1 Å². The van der Waals surface area contributed by atoms with Crippen molar-refractivity contribution >= 4 is 46.6 Å². The van der Waals surface area contributed by atoms with Crippen LogP contribution in [0.2, 0.25) is 0 Å². The molecule has 0 fully saturated rings. The van der Waals surface area contributed by atoms with Crippen LogP contribution < -0.4 is 0 Å². The molecule has 0 radical (unpaired) electrons. The van der Waals surface area contributed by atoms with Crippen molar-refractivity contribution in [1.82, 2.24) is 0 Å². The maximum absolute atomic E-state index is 14.4. The second kappa shape index (κ2) is 7.98. The summed E-state index contributed by atoms with van der Waals surface area (Å²) in [6, 6.07) is 14.9. The van der Waals surface area contributed by atoms with Gasteiger partial charge < -0.3 is 5.11 Å². The predicted molar refractivity (Wildman–Crippen MR) is 111 cm³/mol. The molecular formula is C18H16F3IO4S2. The molecule has 2 unspecified atom stereocenters. The van der Waals surface area contributed by atoms with Crippen LogP contribution in [-0.4, -0.2) is 31.6 Å². The monoisotopic (exact) mass is 544 g/mol. The molecule has 3 rings (SSSR count). The molecule has 1 heterocycles. The zero-order valence-corrected chi connectivity index (χ0v) is 18.1. The summed E-state index contributed by atoms with van der Waals surface area (Å²) in [5.41, 5.74) is 0.674. The van der Waals surface area contributed by atoms with E-state index in [9.17, 15) is 21.6 Å². The van der Waals surface area contributed by atoms with Crippen molar-refractivity contribution in [2.75, 3.05) is 6.61 Å². The maximum Gasteiger partial charge on any atom is 0.401 e. The number of rotatable bonds is 7. The summed E-state index contributed by atoms with van der Waals surface area (Å²) < 4.78 is 73.5. The highest BCUT2D eigenvalue weighted by Crippen LogP contribution is 2.72. The lowest BCUT2D eigenvalue weighted by atomic mass is 10.2. The normalized spacial score (nSPS) is 22.8. The third-order valence-electron chi connectivity index (χ3n) is 4.11. The van der Waals surface area contributed by atoms with Gasteiger partial charge in [-0.15, -0.1) is 0 Å². The molecule has 0 spiro atoms. The number of aliphatic hydroxyl groups is 1. The highest BCUT2D eigenvalue weighted by Gasteiger charge is 2.57. The number of halogens is 4. The van der Waals surface area contributed by atoms with Crippen molar-refractivity contribution in [1.29, 1.82) is 0 Å². The Labute approximate surface area is 176 Å². The highest BCUT2D eigenvalue weighted by atomic mass is 127. The first-order valence-corrected chi connectivity index (χ1v) is 12.2. The van der Waals surface area contributed by atoms with Gasteiger partial charge in [0.1, 0.15) is 0 Å². The van der Waals surface area contributed by atoms with Crippen LogP contribution in [0.1, 0.15) is 12.0 Å². The summed E-state index contributed by atoms with van der Waals surface area (Å²) in [6.07, 6.45) is -4.11. The van der Waals surface area contributed by atoms with Crippen molar-refractivity contribution in [3.8, 4) is 0 Å². The van der Waals surface area contributed by atoms with E-state index < -0.39 is 44.9 Å². The third-order valence-corrected chi connectivity index (χ3v) is 10.5. The second-order valence-corrected chi connectivity index (χ2v) is 11.4. The Bertz CT molecular complexity index is 999. The minimum atomic E-state index is -5.67. The lowest BCUT2D eigenvalue weighted by molar-refractivity contribution is -0.0111. The fourth-order valence-electron chi connectivity index (χ4n) is 2.74. The molecule has 1 aliphatic heterocycles. The van der Waals surface area contributed by atoms with Crippen LogP contribution in [-0.2, 0) is 13.7 Å². The van der Waals surface area contributed by atoms with Crippen LogP contribution in [0, 0.1) is 0 Å². The van der Waals surface area contributed by atoms with Crippen molar-refractivity contribution < 1.29 is 30.3 Å². The predicted octanol–water partition coefficient (Wildman–Crippen LogP) is 5.23. The zero-order chi connectivity index (χ0) is 20.6. The Balaban J connectivity index is 2.17. The zero-order valence-electron chi connectivity index (χ0n) is 14.3. The van der Waals surface area contributed by atoms with Gasteiger partial charge in [-0.2, -0.15) is 17.2 Å². The lowest BCUT2D eigenvalue weighted by Crippen LogP contribution is -2.40. The minimum absolute atomic E-state index is 0.394. The van der Waals surface area contributed by atoms with Crippen molar-refractivity contribution in [2.24, 2.45) is 0 Å². The van der Waals surface area contributed by atoms with Gasteiger partial charge in [0.25, 0.3) is 0 Å². The average Bonchev–Trinajstić information content (AvgIpc) is 2.95. The molecule has 1 aliphatic rings. The summed E-state index contributed by atoms with van der Waals surface area (Å²) in [4.78, 5) is 0.841. The van der Waals surface area contributed by atoms with Crippen LogP contribution in [0.3, 0.4) is 0 Å². The number of aliphatic hydroxyl groups excluding tert-OH is 1. The third kappa shape index (κ3) is 3.60. The Morgan fingerprint density at radius 3 is 2.36 bits per heavy atom. The Hall–Kier alpha value is -1.08. The van der Waals surface area contributed by atoms with E-state index in [1.54, 1.807) is 54.6 Å². The number of hydrogen-bond acceptors (Lipinski definition) is 4. The van der Waals surface area contributed by atoms with Gasteiger partial charge in [0.2, 0.25) is 0 Å². The van der Waals surface area contributed by atoms with Crippen LogP contribution in [0.5, 0.6) is 0 Å². The van der Waals surface area contributed by atoms with E-state index in [1.165, 1.54) is 5.41 Å². The topological polar surface area (TPSA) is 63.6 Å². The molecule has 4 nitrogen and oxygen atoms in total. The minimum Gasteiger partial charge on any atom is -0.396 e. The van der Waals surface area contributed by atoms with Crippen molar-refractivity contribution in [3.63, 3.8) is 0 Å². The van der Waals surface area contributed by atoms with E-state index in [2.05, 4.69) is 0 Å². The van der Waals surface area contributed by atoms with Crippen molar-refractivity contribution in [3.05, 3.63) is 65.6 Å². The molecular weight excluding hydrogens is 528 g/mol. The van der Waals surface area contributed by atoms with Gasteiger partial charge in [0.05, 0.1) is 0 Å². The van der Waals surface area contributed by atoms with Gasteiger partial charge in [0.15, 0.2) is 6.17 Å². The molecule has 28 heavy (non-hydrogen) atoms. The molecule has 0 aliphatic carbocycles. The fourth-order valence-corrected chi connectivity index (χ4v) is 9.44. The molecule has 0 saturated carbocycles. The number of fused-ring (bicyclic) bond motifs is 1. The van der Waals surface area contributed by atoms with Crippen LogP contribution in [0.4, 0.5) is 13.2 Å². The van der Waals surface area contributed by atoms with E-state index in [1.807, 2.05) is 22.6 Å². The molecule has 1 N–H and O–H groups in total. The molecule has 0 saturated heterocycles. The van der Waals surface area contributed by atoms with Crippen molar-refractivity contribution in [2.45, 2.75) is 27.6 Å². The summed E-state index contributed by atoms with van der Waals surface area (Å²) in [7, 11) is -8.67. The summed E-state index contributed by atoms with van der Waals surface area (Å²) >= 11 is 1.99. The summed E-state index contributed by atoms with van der Waals surface area (Å²) in [6.45, 7) is -0.913. The average molecular weight is 544 g/mol. The lowest BCUT2D eigenvalue weighted by Gasteiger charge is -2.35. The van der Waals surface area contributed by atoms with Crippen LogP contribution in [0.25, 0.3) is 3.58 Å². The Morgan fingerprint density at radius 2 is 1.71 bits per heavy atom. The van der Waals surface area contributed by atoms with E-state index in [0.29, 0.717) is 18.9 Å². The smallest absolute Gasteiger partial charge is 0.396 e. The number of alkyl halides is 3. The standard InChI is InChI=1S/C18H16F3IO4S2/c19-17(10-11-23)18(20,21)28(24,25)26-27(13-6-2-1-3-7-13)12-15(22)14-8-4-5-9-16(14)27/h1-9,12,17,23H,10-11H2. The first kappa shape index (κ1) is 21.6. The molecule has 2 aromatic carbocycles. The van der Waals surface area contributed by atoms with Gasteiger partial charge in [-0.1, -0.05) is 36.4 Å². The second-order valence-electron chi connectivity index (χ2n) is 5.94. The highest BCUT2D eigenvalue weighted by molar-refractivity contribution is 14.1. The molecule has 2 atom stereocenters. The van der Waals surface area contributed by atoms with Gasteiger partial charge >= 0.3 is 15.4 Å². The largest absolute Gasteiger partial charge is 0.401 e. The Kier molecular flexibility index (Phi) is 6.16. The molecule has 0 bridgehead atoms. The summed E-state index contributed by atoms with van der Waals surface area (Å²) in [5, 5.41) is 5.44. The number of hydrogen-bond donors (Lipinski definition) is 1. The van der Waals surface area contributed by atoms with E-state index in [4.69, 9.17) is 8.74 Å². The van der Waals surface area contributed by atoms with Crippen LogP contribution in [0.15, 0.2) is 69.8 Å². The van der Waals surface area contributed by atoms with E-state index in [0.717, 1.165) is 0 Å². The summed E-state index contributed by atoms with van der Waals surface area (Å²) in [5.74, 6) is 0. The van der Waals surface area contributed by atoms with E-state index >= 15 is 0 Å². The maximum atomic E-state index is 14.4. The number of benzene rings is 2. The molecule has 152 valence electrons. The molecule has 0 aromatic heterocycles. The first-order chi connectivity index (χ1) is 13.2. The quantitative estimate of drug-likeness (QED) is 0.485. The fraction of sp³-hybridized carbons (Fsp3) is 0.222. The van der Waals surface area contributed by atoms with Gasteiger partial charge in [-0.3, -0.25) is 0 Å². The first-order valence-electron chi connectivity index (χ1n) is 8.09. The Morgan fingerprint density at radius 1 is 1.11 bits per heavy atom. The van der Waals surface area contributed by atoms with E-state index in [-0.39, 0.29) is 0 Å². The van der Waals surface area contributed by atoms with Gasteiger partial charge in [0, 0.05) is 37.4 Å². The van der Waals surface area contributed by atoms with Gasteiger partial charge in [-0.25, -0.2) is 8.02 Å². The van der Waals surface area contributed by atoms with Crippen LogP contribution >= 0.6 is 32.9 Å². The molecule has 0 amide bonds. The molecule has 10 heteroatoms. The SMILES string of the molecule is O=S(=O)(OS1(c2ccccc2)C=C(I)c2ccccc21)C(F)(F)C(F)CCO. The molecule has 2 aromatic rings.